The fourth-order valence-electron chi connectivity index (χ4n) is 1.69. The highest BCUT2D eigenvalue weighted by Gasteiger charge is 2.20. The fraction of sp³-hybridized carbons (Fsp3) is 0.417. The van der Waals surface area contributed by atoms with Gasteiger partial charge in [0.1, 0.15) is 0 Å². The Morgan fingerprint density at radius 1 is 1.31 bits per heavy atom. The summed E-state index contributed by atoms with van der Waals surface area (Å²) in [6.07, 6.45) is 0.827. The molecule has 0 amide bonds. The summed E-state index contributed by atoms with van der Waals surface area (Å²) in [5, 5.41) is 0. The van der Waals surface area contributed by atoms with E-state index >= 15 is 0 Å². The lowest BCUT2D eigenvalue weighted by atomic mass is 10.1. The molecule has 0 saturated heterocycles. The maximum atomic E-state index is 11.4. The highest BCUT2D eigenvalue weighted by Crippen LogP contribution is 2.41. The summed E-state index contributed by atoms with van der Waals surface area (Å²) in [5.41, 5.74) is 0.520. The van der Waals surface area contributed by atoms with Crippen LogP contribution in [0.5, 0.6) is 17.2 Å². The second-order valence-corrected chi connectivity index (χ2v) is 3.58. The van der Waals surface area contributed by atoms with Crippen LogP contribution in [0.2, 0.25) is 0 Å². The first-order chi connectivity index (χ1) is 7.74. The standard InChI is InChI=1S/C12H14O4/c1-8(13)9-4-5-10-12(11(9)14-2)16-7-3-6-15-10/h4-5H,3,6-7H2,1-2H3. The number of Topliss-reactive ketones (excluding diaryl/α,β-unsaturated/α-hetero) is 1. The average molecular weight is 222 g/mol. The first kappa shape index (κ1) is 10.8. The number of hydrogen-bond acceptors (Lipinski definition) is 4. The van der Waals surface area contributed by atoms with Crippen molar-refractivity contribution in [2.75, 3.05) is 20.3 Å². The van der Waals surface area contributed by atoms with Crippen LogP contribution in [-0.2, 0) is 0 Å². The molecule has 0 aliphatic carbocycles. The van der Waals surface area contributed by atoms with E-state index in [1.165, 1.54) is 14.0 Å². The lowest BCUT2D eigenvalue weighted by Gasteiger charge is -2.13. The number of ether oxygens (including phenoxy) is 3. The summed E-state index contributed by atoms with van der Waals surface area (Å²) in [7, 11) is 1.52. The van der Waals surface area contributed by atoms with E-state index in [0.717, 1.165) is 6.42 Å². The van der Waals surface area contributed by atoms with Crippen molar-refractivity contribution in [3.8, 4) is 17.2 Å². The molecule has 0 bridgehead atoms. The van der Waals surface area contributed by atoms with Crippen molar-refractivity contribution in [2.45, 2.75) is 13.3 Å². The van der Waals surface area contributed by atoms with Gasteiger partial charge >= 0.3 is 0 Å². The number of fused-ring (bicyclic) bond motifs is 1. The topological polar surface area (TPSA) is 44.8 Å². The number of benzene rings is 1. The zero-order valence-corrected chi connectivity index (χ0v) is 9.41. The van der Waals surface area contributed by atoms with Gasteiger partial charge in [-0.1, -0.05) is 0 Å². The van der Waals surface area contributed by atoms with Gasteiger partial charge in [-0.2, -0.15) is 0 Å². The highest BCUT2D eigenvalue weighted by atomic mass is 16.5. The van der Waals surface area contributed by atoms with Crippen LogP contribution in [0.15, 0.2) is 12.1 Å². The van der Waals surface area contributed by atoms with Gasteiger partial charge in [0, 0.05) is 6.42 Å². The Morgan fingerprint density at radius 3 is 2.75 bits per heavy atom. The summed E-state index contributed by atoms with van der Waals surface area (Å²) in [6.45, 7) is 2.70. The number of ketones is 1. The van der Waals surface area contributed by atoms with Crippen molar-refractivity contribution in [3.05, 3.63) is 17.7 Å². The van der Waals surface area contributed by atoms with Crippen LogP contribution < -0.4 is 14.2 Å². The molecule has 0 radical (unpaired) electrons. The molecule has 4 heteroatoms. The summed E-state index contributed by atoms with van der Waals surface area (Å²) in [4.78, 5) is 11.4. The lowest BCUT2D eigenvalue weighted by molar-refractivity contribution is 0.101. The van der Waals surface area contributed by atoms with Crippen molar-refractivity contribution in [1.29, 1.82) is 0 Å². The third-order valence-corrected chi connectivity index (χ3v) is 2.45. The molecule has 1 aliphatic heterocycles. The molecule has 16 heavy (non-hydrogen) atoms. The number of methoxy groups -OCH3 is 1. The minimum absolute atomic E-state index is 0.0486. The maximum absolute atomic E-state index is 11.4. The molecular weight excluding hydrogens is 208 g/mol. The third kappa shape index (κ3) is 1.83. The Balaban J connectivity index is 2.54. The van der Waals surface area contributed by atoms with Crippen molar-refractivity contribution < 1.29 is 19.0 Å². The number of carbonyl (C=O) groups excluding carboxylic acids is 1. The minimum atomic E-state index is -0.0486. The fourth-order valence-corrected chi connectivity index (χ4v) is 1.69. The molecule has 0 aromatic heterocycles. The summed E-state index contributed by atoms with van der Waals surface area (Å²) in [6, 6.07) is 3.45. The van der Waals surface area contributed by atoms with Crippen LogP contribution in [0.3, 0.4) is 0 Å². The van der Waals surface area contributed by atoms with E-state index in [2.05, 4.69) is 0 Å². The van der Waals surface area contributed by atoms with Crippen molar-refractivity contribution in [2.24, 2.45) is 0 Å². The minimum Gasteiger partial charge on any atom is -0.492 e. The van der Waals surface area contributed by atoms with E-state index < -0.39 is 0 Å². The quantitative estimate of drug-likeness (QED) is 0.718. The molecule has 2 rings (SSSR count). The van der Waals surface area contributed by atoms with Gasteiger partial charge < -0.3 is 14.2 Å². The molecule has 1 aliphatic rings. The van der Waals surface area contributed by atoms with Gasteiger partial charge in [0.2, 0.25) is 5.75 Å². The third-order valence-electron chi connectivity index (χ3n) is 2.45. The van der Waals surface area contributed by atoms with Crippen LogP contribution in [0.1, 0.15) is 23.7 Å². The van der Waals surface area contributed by atoms with Crippen molar-refractivity contribution >= 4 is 5.78 Å². The Labute approximate surface area is 94.1 Å². The molecule has 0 fully saturated rings. The van der Waals surface area contributed by atoms with Crippen LogP contribution in [0.4, 0.5) is 0 Å². The maximum Gasteiger partial charge on any atom is 0.204 e. The van der Waals surface area contributed by atoms with E-state index in [1.807, 2.05) is 0 Å². The van der Waals surface area contributed by atoms with E-state index in [-0.39, 0.29) is 5.78 Å². The van der Waals surface area contributed by atoms with Gasteiger partial charge in [-0.3, -0.25) is 4.79 Å². The summed E-state index contributed by atoms with van der Waals surface area (Å²) >= 11 is 0. The number of carbonyl (C=O) groups is 1. The Hall–Kier alpha value is -1.71. The van der Waals surface area contributed by atoms with Gasteiger partial charge in [0.25, 0.3) is 0 Å². The molecule has 0 unspecified atom stereocenters. The second kappa shape index (κ2) is 4.43. The highest BCUT2D eigenvalue weighted by molar-refractivity contribution is 5.98. The molecule has 1 aromatic carbocycles. The van der Waals surface area contributed by atoms with Gasteiger partial charge in [0.05, 0.1) is 25.9 Å². The molecule has 86 valence electrons. The first-order valence-electron chi connectivity index (χ1n) is 5.21. The van der Waals surface area contributed by atoms with Crippen molar-refractivity contribution in [1.82, 2.24) is 0 Å². The van der Waals surface area contributed by atoms with E-state index in [4.69, 9.17) is 14.2 Å². The number of rotatable bonds is 2. The molecule has 1 heterocycles. The predicted octanol–water partition coefficient (Wildman–Crippen LogP) is 2.06. The monoisotopic (exact) mass is 222 g/mol. The zero-order chi connectivity index (χ0) is 11.5. The average Bonchev–Trinajstić information content (AvgIpc) is 2.52. The molecule has 0 saturated carbocycles. The Morgan fingerprint density at radius 2 is 2.06 bits per heavy atom. The molecule has 4 nitrogen and oxygen atoms in total. The lowest BCUT2D eigenvalue weighted by Crippen LogP contribution is -2.02. The first-order valence-corrected chi connectivity index (χ1v) is 5.21. The number of hydrogen-bond donors (Lipinski definition) is 0. The van der Waals surface area contributed by atoms with E-state index in [9.17, 15) is 4.79 Å². The van der Waals surface area contributed by atoms with E-state index in [1.54, 1.807) is 12.1 Å². The molecule has 1 aromatic rings. The van der Waals surface area contributed by atoms with Gasteiger partial charge in [-0.15, -0.1) is 0 Å². The Kier molecular flexibility index (Phi) is 2.99. The molecular formula is C12H14O4. The van der Waals surface area contributed by atoms with Gasteiger partial charge in [-0.05, 0) is 19.1 Å². The van der Waals surface area contributed by atoms with Crippen LogP contribution in [0.25, 0.3) is 0 Å². The zero-order valence-electron chi connectivity index (χ0n) is 9.41. The molecule has 0 N–H and O–H groups in total. The van der Waals surface area contributed by atoms with Crippen LogP contribution in [-0.4, -0.2) is 26.1 Å². The van der Waals surface area contributed by atoms with Gasteiger partial charge in [-0.25, -0.2) is 0 Å². The summed E-state index contributed by atoms with van der Waals surface area (Å²) in [5.74, 6) is 1.59. The van der Waals surface area contributed by atoms with Crippen LogP contribution in [0, 0.1) is 0 Å². The predicted molar refractivity (Wildman–Crippen MR) is 58.6 cm³/mol. The smallest absolute Gasteiger partial charge is 0.204 e. The largest absolute Gasteiger partial charge is 0.492 e. The molecule has 0 spiro atoms. The second-order valence-electron chi connectivity index (χ2n) is 3.58. The van der Waals surface area contributed by atoms with Crippen molar-refractivity contribution in [3.63, 3.8) is 0 Å². The van der Waals surface area contributed by atoms with E-state index in [0.29, 0.717) is 36.0 Å². The normalized spacial score (nSPS) is 14.1. The van der Waals surface area contributed by atoms with Crippen LogP contribution >= 0.6 is 0 Å². The SMILES string of the molecule is COc1c(C(C)=O)ccc2c1OCCCO2. The molecule has 0 atom stereocenters. The Bertz CT molecular complexity index is 412. The summed E-state index contributed by atoms with van der Waals surface area (Å²) < 4.78 is 16.3. The van der Waals surface area contributed by atoms with Gasteiger partial charge in [0.15, 0.2) is 17.3 Å².